The number of aromatic nitrogens is 2. The summed E-state index contributed by atoms with van der Waals surface area (Å²) in [5.41, 5.74) is 1.89. The van der Waals surface area contributed by atoms with Crippen LogP contribution in [-0.4, -0.2) is 24.5 Å². The number of hydrogen-bond acceptors (Lipinski definition) is 2. The molecule has 0 aliphatic heterocycles. The normalized spacial score (nSPS) is 10.0. The Hall–Kier alpha value is -0.790. The standard InChI is InChI=1S/C8H12B2N2/c1-6(2)10-8-5-11-4-7(9-3)12-8/h4-6H,1-3H3. The molecule has 2 nitrogen and oxygen atoms in total. The zero-order chi connectivity index (χ0) is 8.97. The maximum absolute atomic E-state index is 4.36. The van der Waals surface area contributed by atoms with Gasteiger partial charge in [-0.1, -0.05) is 26.5 Å². The molecule has 1 rings (SSSR count). The van der Waals surface area contributed by atoms with Gasteiger partial charge in [-0.2, -0.15) is 0 Å². The third-order valence-corrected chi connectivity index (χ3v) is 1.47. The first-order chi connectivity index (χ1) is 5.72. The van der Waals surface area contributed by atoms with E-state index < -0.39 is 0 Å². The van der Waals surface area contributed by atoms with Gasteiger partial charge in [0.25, 0.3) is 0 Å². The Labute approximate surface area is 75.3 Å². The van der Waals surface area contributed by atoms with E-state index >= 15 is 0 Å². The molecule has 0 saturated heterocycles. The molecular formula is C8H12B2N2. The molecular weight excluding hydrogens is 146 g/mol. The summed E-state index contributed by atoms with van der Waals surface area (Å²) in [7, 11) is 4.05. The van der Waals surface area contributed by atoms with E-state index in [4.69, 9.17) is 0 Å². The van der Waals surface area contributed by atoms with Crippen molar-refractivity contribution >= 4 is 25.7 Å². The molecule has 0 amide bonds. The highest BCUT2D eigenvalue weighted by Crippen LogP contribution is 1.93. The fraction of sp³-hybridized carbons (Fsp3) is 0.500. The predicted molar refractivity (Wildman–Crippen MR) is 53.8 cm³/mol. The van der Waals surface area contributed by atoms with Crippen molar-refractivity contribution in [3.8, 4) is 0 Å². The molecule has 0 spiro atoms. The minimum atomic E-state index is 0.520. The van der Waals surface area contributed by atoms with E-state index in [-0.39, 0.29) is 0 Å². The molecule has 0 N–H and O–H groups in total. The van der Waals surface area contributed by atoms with Gasteiger partial charge >= 0.3 is 0 Å². The van der Waals surface area contributed by atoms with Gasteiger partial charge in [-0.15, -0.1) is 0 Å². The molecule has 0 aliphatic carbocycles. The maximum Gasteiger partial charge on any atom is 0.182 e. The van der Waals surface area contributed by atoms with Crippen molar-refractivity contribution in [1.29, 1.82) is 0 Å². The molecule has 0 fully saturated rings. The van der Waals surface area contributed by atoms with E-state index in [0.717, 1.165) is 11.2 Å². The lowest BCUT2D eigenvalue weighted by molar-refractivity contribution is 1.06. The minimum absolute atomic E-state index is 0.520. The summed E-state index contributed by atoms with van der Waals surface area (Å²) >= 11 is 0. The van der Waals surface area contributed by atoms with Gasteiger partial charge in [0.05, 0.1) is 0 Å². The van der Waals surface area contributed by atoms with Crippen molar-refractivity contribution in [2.24, 2.45) is 0 Å². The van der Waals surface area contributed by atoms with Gasteiger partial charge < -0.3 is 0 Å². The van der Waals surface area contributed by atoms with Crippen molar-refractivity contribution in [2.45, 2.75) is 26.5 Å². The lowest BCUT2D eigenvalue weighted by Crippen LogP contribution is -2.30. The van der Waals surface area contributed by atoms with Crippen molar-refractivity contribution in [1.82, 2.24) is 9.97 Å². The smallest absolute Gasteiger partial charge is 0.182 e. The molecule has 1 heterocycles. The summed E-state index contributed by atoms with van der Waals surface area (Å²) in [6.45, 7) is 6.22. The second-order valence-corrected chi connectivity index (χ2v) is 3.07. The minimum Gasteiger partial charge on any atom is -0.276 e. The second kappa shape index (κ2) is 4.29. The lowest BCUT2D eigenvalue weighted by atomic mass is 9.63. The van der Waals surface area contributed by atoms with Gasteiger partial charge in [-0.05, 0) is 0 Å². The van der Waals surface area contributed by atoms with Gasteiger partial charge in [-0.3, -0.25) is 9.97 Å². The van der Waals surface area contributed by atoms with Crippen LogP contribution in [0.2, 0.25) is 12.6 Å². The van der Waals surface area contributed by atoms with Gasteiger partial charge in [0.1, 0.15) is 0 Å². The number of nitrogens with zero attached hydrogens (tertiary/aromatic N) is 2. The van der Waals surface area contributed by atoms with Crippen LogP contribution < -0.4 is 11.2 Å². The van der Waals surface area contributed by atoms with E-state index in [1.807, 2.05) is 14.1 Å². The Morgan fingerprint density at radius 3 is 2.50 bits per heavy atom. The highest BCUT2D eigenvalue weighted by Gasteiger charge is 2.02. The van der Waals surface area contributed by atoms with Crippen molar-refractivity contribution in [2.75, 3.05) is 0 Å². The van der Waals surface area contributed by atoms with Crippen LogP contribution in [0.1, 0.15) is 13.8 Å². The fourth-order valence-corrected chi connectivity index (χ4v) is 0.958. The van der Waals surface area contributed by atoms with Crippen LogP contribution in [0.3, 0.4) is 0 Å². The van der Waals surface area contributed by atoms with Gasteiger partial charge in [0.2, 0.25) is 0 Å². The van der Waals surface area contributed by atoms with Crippen molar-refractivity contribution < 1.29 is 0 Å². The molecule has 12 heavy (non-hydrogen) atoms. The van der Waals surface area contributed by atoms with Crippen LogP contribution in [0, 0.1) is 0 Å². The molecule has 0 unspecified atom stereocenters. The van der Waals surface area contributed by atoms with Crippen LogP contribution >= 0.6 is 0 Å². The maximum atomic E-state index is 4.36. The molecule has 0 aromatic carbocycles. The molecule has 0 saturated carbocycles. The Balaban J connectivity index is 2.72. The SMILES string of the molecule is C[B]c1cncc([B]C(C)C)n1. The fourth-order valence-electron chi connectivity index (χ4n) is 0.958. The number of rotatable bonds is 3. The molecule has 4 heteroatoms. The van der Waals surface area contributed by atoms with Crippen LogP contribution in [0.5, 0.6) is 0 Å². The van der Waals surface area contributed by atoms with Gasteiger partial charge in [0, 0.05) is 23.6 Å². The van der Waals surface area contributed by atoms with E-state index in [0.29, 0.717) is 5.82 Å². The van der Waals surface area contributed by atoms with E-state index in [9.17, 15) is 0 Å². The predicted octanol–water partition coefficient (Wildman–Crippen LogP) is 0.0120. The van der Waals surface area contributed by atoms with Crippen LogP contribution in [-0.2, 0) is 0 Å². The van der Waals surface area contributed by atoms with Gasteiger partial charge in [-0.25, -0.2) is 0 Å². The molecule has 0 bridgehead atoms. The Morgan fingerprint density at radius 1 is 1.25 bits per heavy atom. The van der Waals surface area contributed by atoms with E-state index in [2.05, 4.69) is 31.1 Å². The molecule has 1 aromatic heterocycles. The van der Waals surface area contributed by atoms with Crippen molar-refractivity contribution in [3.05, 3.63) is 12.4 Å². The molecule has 0 aliphatic rings. The molecule has 0 atom stereocenters. The largest absolute Gasteiger partial charge is 0.276 e. The van der Waals surface area contributed by atoms with E-state index in [1.165, 1.54) is 0 Å². The summed E-state index contributed by atoms with van der Waals surface area (Å²) < 4.78 is 0. The average Bonchev–Trinajstić information content (AvgIpc) is 2.03. The molecule has 2 radical (unpaired) electrons. The van der Waals surface area contributed by atoms with Gasteiger partial charge in [0.15, 0.2) is 14.6 Å². The quantitative estimate of drug-likeness (QED) is 0.579. The Bertz CT molecular complexity index is 251. The first-order valence-electron chi connectivity index (χ1n) is 4.18. The third kappa shape index (κ3) is 2.68. The van der Waals surface area contributed by atoms with E-state index in [1.54, 1.807) is 12.4 Å². The average molecular weight is 158 g/mol. The van der Waals surface area contributed by atoms with Crippen molar-refractivity contribution in [3.63, 3.8) is 0 Å². The topological polar surface area (TPSA) is 25.8 Å². The Morgan fingerprint density at radius 2 is 1.92 bits per heavy atom. The monoisotopic (exact) mass is 158 g/mol. The lowest BCUT2D eigenvalue weighted by Gasteiger charge is -2.02. The zero-order valence-corrected chi connectivity index (χ0v) is 7.78. The summed E-state index contributed by atoms with van der Waals surface area (Å²) in [6.07, 6.45) is 3.55. The number of hydrogen-bond donors (Lipinski definition) is 0. The summed E-state index contributed by atoms with van der Waals surface area (Å²) in [4.78, 5) is 8.44. The molecule has 1 aromatic rings. The summed E-state index contributed by atoms with van der Waals surface area (Å²) in [5, 5.41) is 0. The summed E-state index contributed by atoms with van der Waals surface area (Å²) in [6, 6.07) is 0. The highest BCUT2D eigenvalue weighted by molar-refractivity contribution is 6.55. The first kappa shape index (κ1) is 9.30. The van der Waals surface area contributed by atoms with Crippen LogP contribution in [0.4, 0.5) is 0 Å². The van der Waals surface area contributed by atoms with Crippen LogP contribution in [0.15, 0.2) is 12.4 Å². The highest BCUT2D eigenvalue weighted by atomic mass is 14.8. The van der Waals surface area contributed by atoms with Crippen LogP contribution in [0.25, 0.3) is 0 Å². The summed E-state index contributed by atoms with van der Waals surface area (Å²) in [5.74, 6) is 0.520. The second-order valence-electron chi connectivity index (χ2n) is 3.07. The Kier molecular flexibility index (Phi) is 3.32. The zero-order valence-electron chi connectivity index (χ0n) is 7.78. The molecule has 60 valence electrons. The third-order valence-electron chi connectivity index (χ3n) is 1.47. The first-order valence-corrected chi connectivity index (χ1v) is 4.18.